The highest BCUT2D eigenvalue weighted by Gasteiger charge is 2.23. The molecule has 12 aromatic rings. The van der Waals surface area contributed by atoms with Crippen molar-refractivity contribution in [2.45, 2.75) is 0 Å². The van der Waals surface area contributed by atoms with Gasteiger partial charge < -0.3 is 114 Å². The summed E-state index contributed by atoms with van der Waals surface area (Å²) in [5.74, 6) is 7.75. The predicted octanol–water partition coefficient (Wildman–Crippen LogP) is 19.5. The lowest BCUT2D eigenvalue weighted by atomic mass is 10.2. The minimum Gasteiger partial charge on any atom is -0.493 e. The van der Waals surface area contributed by atoms with Gasteiger partial charge in [0.15, 0.2) is 46.0 Å². The maximum absolute atomic E-state index is 11.5. The van der Waals surface area contributed by atoms with Gasteiger partial charge in [0, 0.05) is 52.8 Å². The van der Waals surface area contributed by atoms with Crippen LogP contribution in [0.3, 0.4) is 0 Å². The van der Waals surface area contributed by atoms with Crippen LogP contribution < -0.4 is 114 Å². The molecule has 0 aliphatic rings. The van der Waals surface area contributed by atoms with E-state index >= 15 is 0 Å². The van der Waals surface area contributed by atoms with Crippen LogP contribution in [0.4, 0.5) is 80.8 Å². The largest absolute Gasteiger partial charge is 0.493 e. The van der Waals surface area contributed by atoms with Crippen LogP contribution in [-0.2, 0) is 19.2 Å². The number of anilines is 14. The van der Waals surface area contributed by atoms with Gasteiger partial charge in [0.2, 0.25) is 82.3 Å². The van der Waals surface area contributed by atoms with E-state index in [4.69, 9.17) is 77.9 Å². The molecule has 0 aliphatic carbocycles. The lowest BCUT2D eigenvalue weighted by Gasteiger charge is -2.16. The summed E-state index contributed by atoms with van der Waals surface area (Å²) >= 11 is 16.5. The zero-order valence-corrected chi connectivity index (χ0v) is 74.8. The lowest BCUT2D eigenvalue weighted by molar-refractivity contribution is -0.112. The molecule has 9 N–H and O–H groups in total. The number of hydrogen-bond donors (Lipinski definition) is 9. The molecule has 4 amide bonds. The number of amides is 4. The minimum atomic E-state index is -0.336. The van der Waals surface area contributed by atoms with Gasteiger partial charge in [-0.25, -0.2) is 19.9 Å². The number of nitrogens with zero attached hydrogens (tertiary/aromatic N) is 8. The fourth-order valence-corrected chi connectivity index (χ4v) is 11.8. The zero-order valence-electron chi connectivity index (χ0n) is 69.3. The van der Waals surface area contributed by atoms with E-state index in [9.17, 15) is 19.2 Å². The Hall–Kier alpha value is -15.2. The topological polar surface area (TPSA) is 409 Å². The molecule has 0 radical (unpaired) electrons. The number of halogens is 4. The molecular weight excluding hydrogens is 1850 g/mol. The van der Waals surface area contributed by atoms with E-state index < -0.39 is 0 Å². The van der Waals surface area contributed by atoms with E-state index in [-0.39, 0.29) is 52.3 Å². The summed E-state index contributed by atoms with van der Waals surface area (Å²) in [7, 11) is 16.9. The number of para-hydroxylation sites is 1. The molecule has 0 spiro atoms. The van der Waals surface area contributed by atoms with Gasteiger partial charge in [-0.15, -0.1) is 0 Å². The number of nitrogens with one attached hydrogen (secondary N) is 9. The summed E-state index contributed by atoms with van der Waals surface area (Å²) in [4.78, 5) is 80.8. The molecule has 126 heavy (non-hydrogen) atoms. The second-order valence-electron chi connectivity index (χ2n) is 24.5. The van der Waals surface area contributed by atoms with E-state index in [2.05, 4.69) is 162 Å². The van der Waals surface area contributed by atoms with Gasteiger partial charge in [0.25, 0.3) is 0 Å². The smallest absolute Gasteiger partial charge is 0.247 e. The fraction of sp³-hybridized carbons (Fsp3) is 0.126. The molecule has 0 saturated carbocycles. The normalized spacial score (nSPS) is 10.1. The van der Waals surface area contributed by atoms with Crippen LogP contribution in [0.25, 0.3) is 0 Å². The Kier molecular flexibility index (Phi) is 35.6. The molecule has 652 valence electrons. The Balaban J connectivity index is 0.000000190. The van der Waals surface area contributed by atoms with Crippen LogP contribution in [0.5, 0.6) is 98.1 Å². The van der Waals surface area contributed by atoms with Crippen molar-refractivity contribution in [2.75, 3.05) is 126 Å². The van der Waals surface area contributed by atoms with E-state index in [0.29, 0.717) is 163 Å². The van der Waals surface area contributed by atoms with Crippen molar-refractivity contribution in [1.29, 1.82) is 0 Å². The van der Waals surface area contributed by atoms with Gasteiger partial charge in [-0.3, -0.25) is 19.2 Å². The van der Waals surface area contributed by atoms with Crippen LogP contribution in [-0.4, -0.2) is 142 Å². The molecule has 0 fully saturated rings. The Morgan fingerprint density at radius 3 is 0.960 bits per heavy atom. The molecule has 39 heteroatoms. The van der Waals surface area contributed by atoms with Crippen LogP contribution in [0, 0.1) is 0 Å². The maximum Gasteiger partial charge on any atom is 0.247 e. The number of methoxy groups -OCH3 is 11. The lowest BCUT2D eigenvalue weighted by Crippen LogP contribution is -2.07. The Labute approximate surface area is 754 Å². The van der Waals surface area contributed by atoms with Crippen LogP contribution in [0.2, 0.25) is 5.02 Å². The number of rotatable bonds is 35. The molecule has 0 saturated heterocycles. The molecule has 0 atom stereocenters. The molecule has 35 nitrogen and oxygen atoms in total. The molecule has 4 heterocycles. The average Bonchev–Trinajstić information content (AvgIpc) is 0.830. The monoisotopic (exact) mass is 1930 g/mol. The van der Waals surface area contributed by atoms with Crippen molar-refractivity contribution in [3.63, 3.8) is 0 Å². The third-order valence-electron chi connectivity index (χ3n) is 16.5. The fourth-order valence-electron chi connectivity index (χ4n) is 10.9. The molecule has 0 bridgehead atoms. The third-order valence-corrected chi connectivity index (χ3v) is 18.4. The van der Waals surface area contributed by atoms with Gasteiger partial charge in [-0.1, -0.05) is 68.2 Å². The number of aromatic nitrogens is 8. The first-order chi connectivity index (χ1) is 61.0. The summed E-state index contributed by atoms with van der Waals surface area (Å²) in [5, 5.41) is 26.5. The Morgan fingerprint density at radius 1 is 0.310 bits per heavy atom. The summed E-state index contributed by atoms with van der Waals surface area (Å²) in [5.41, 5.74) is 5.38. The van der Waals surface area contributed by atoms with E-state index in [1.165, 1.54) is 80.3 Å². The highest BCUT2D eigenvalue weighted by molar-refractivity contribution is 9.11. The SMILES string of the molecule is C=CC(=O)Nc1cccc(Nc2nc(Nc3ccc(OC)c(OC)c3OC)ncc2Br)c1.C=CC(=O)Nc1cccc(Oc2nc(Nc3ccc(OC)c(OC)c3OC)ncc2Br)c1.C=CC(=O)Nc1cccc(Oc2nc(Nc3ccc(OC)c(OC)c3OC)ncc2Cl)c1.C=CC(=O)Nc1cccc(Oc2nc(Nc3cccc(OC)c3OC)ncc2Br)c1. The number of carbonyl (C=O) groups is 4. The highest BCUT2D eigenvalue weighted by Crippen LogP contribution is 2.47. The molecule has 4 aromatic heterocycles. The van der Waals surface area contributed by atoms with E-state index in [1.54, 1.807) is 174 Å². The van der Waals surface area contributed by atoms with Gasteiger partial charge in [-0.05, 0) is 175 Å². The maximum atomic E-state index is 11.5. The standard InChI is InChI=1S/C22H22BrN5O4.C22H21BrN4O5.C22H21ClN4O5.C21H19BrN4O4/c1-5-18(29)25-13-7-6-8-14(11-13)26-21-15(23)12-24-22(28-21)27-16-9-10-17(30-2)20(32-4)19(16)31-3;2*1-5-18(28)25-13-7-6-8-14(11-13)32-21-15(23)12-24-22(27-21)26-16-9-10-17(29-2)20(31-4)19(16)30-3;1-4-18(27)24-13-7-5-8-14(11-13)30-20-15(22)12-23-21(26-20)25-16-9-6-10-17(28-2)19(16)29-3/h5-12H,1H2,2-4H3,(H,25,29)(H2,24,26,27,28);2*5-12H,1H2,2-4H3,(H,25,28)(H,24,26,27);4-12H,1H2,2-3H3,(H,24,27)(H,23,25,26). The third kappa shape index (κ3) is 26.2. The summed E-state index contributed by atoms with van der Waals surface area (Å²) < 4.78 is 78.6. The van der Waals surface area contributed by atoms with Crippen molar-refractivity contribution in [3.05, 3.63) is 246 Å². The molecule has 8 aromatic carbocycles. The van der Waals surface area contributed by atoms with E-state index in [0.717, 1.165) is 5.69 Å². The Bertz CT molecular complexity index is 5480. The van der Waals surface area contributed by atoms with Crippen molar-refractivity contribution in [3.8, 4) is 98.1 Å². The first-order valence-corrected chi connectivity index (χ1v) is 39.5. The number of ether oxygens (including phenoxy) is 14. The number of carbonyl (C=O) groups excluding carboxylic acids is 4. The first-order valence-electron chi connectivity index (χ1n) is 36.7. The summed E-state index contributed by atoms with van der Waals surface area (Å²) in [6.07, 6.45) is 10.9. The second kappa shape index (κ2) is 47.3. The van der Waals surface area contributed by atoms with Gasteiger partial charge in [0.05, 0.1) is 133 Å². The predicted molar refractivity (Wildman–Crippen MR) is 492 cm³/mol. The molecule has 0 aliphatic heterocycles. The van der Waals surface area contributed by atoms with Gasteiger partial charge >= 0.3 is 0 Å². The Morgan fingerprint density at radius 2 is 0.603 bits per heavy atom. The van der Waals surface area contributed by atoms with Crippen LogP contribution >= 0.6 is 59.4 Å². The first kappa shape index (κ1) is 94.7. The molecule has 12 rings (SSSR count). The highest BCUT2D eigenvalue weighted by atomic mass is 79.9. The summed E-state index contributed by atoms with van der Waals surface area (Å²) in [6.45, 7) is 13.8. The quantitative estimate of drug-likeness (QED) is 0.0167. The van der Waals surface area contributed by atoms with E-state index in [1.807, 2.05) is 24.3 Å². The summed E-state index contributed by atoms with van der Waals surface area (Å²) in [6, 6.07) is 43.7. The van der Waals surface area contributed by atoms with Crippen molar-refractivity contribution >= 4 is 164 Å². The van der Waals surface area contributed by atoms with Crippen molar-refractivity contribution in [1.82, 2.24) is 39.9 Å². The zero-order chi connectivity index (χ0) is 90.8. The second-order valence-corrected chi connectivity index (χ2v) is 27.5. The minimum absolute atomic E-state index is 0.121. The number of hydrogen-bond acceptors (Lipinski definition) is 31. The molecule has 0 unspecified atom stereocenters. The van der Waals surface area contributed by atoms with Gasteiger partial charge in [0.1, 0.15) is 28.1 Å². The van der Waals surface area contributed by atoms with Crippen LogP contribution in [0.15, 0.2) is 240 Å². The van der Waals surface area contributed by atoms with Crippen LogP contribution in [0.1, 0.15) is 0 Å². The molecular formula is C87H83Br3ClN17O18. The van der Waals surface area contributed by atoms with Crippen molar-refractivity contribution < 1.29 is 85.5 Å². The average molecular weight is 1930 g/mol. The van der Waals surface area contributed by atoms with Crippen molar-refractivity contribution in [2.24, 2.45) is 0 Å². The van der Waals surface area contributed by atoms with Gasteiger partial charge in [-0.2, -0.15) is 19.9 Å². The number of benzene rings is 8.